The van der Waals surface area contributed by atoms with Crippen LogP contribution >= 0.6 is 0 Å². The number of carbonyl (C=O) groups is 3. The molecular formula is C30H34N4O4. The fraction of sp³-hybridized carbons (Fsp3) is 0.300. The number of nitrogens with one attached hydrogen (secondary N) is 2. The van der Waals surface area contributed by atoms with E-state index in [9.17, 15) is 14.4 Å². The van der Waals surface area contributed by atoms with E-state index in [1.807, 2.05) is 66.7 Å². The Bertz CT molecular complexity index is 1220. The fourth-order valence-corrected chi connectivity index (χ4v) is 4.89. The van der Waals surface area contributed by atoms with Crippen LogP contribution in [-0.2, 0) is 20.7 Å². The van der Waals surface area contributed by atoms with Crippen molar-refractivity contribution < 1.29 is 19.1 Å². The fourth-order valence-electron chi connectivity index (χ4n) is 4.89. The molecule has 8 nitrogen and oxygen atoms in total. The highest BCUT2D eigenvalue weighted by molar-refractivity contribution is 5.91. The second kappa shape index (κ2) is 12.9. The van der Waals surface area contributed by atoms with E-state index in [1.165, 1.54) is 0 Å². The number of rotatable bonds is 12. The zero-order valence-corrected chi connectivity index (χ0v) is 21.3. The largest absolute Gasteiger partial charge is 0.449 e. The lowest BCUT2D eigenvalue weighted by molar-refractivity contribution is -0.128. The van der Waals surface area contributed by atoms with Crippen molar-refractivity contribution in [2.75, 3.05) is 13.2 Å². The molecule has 1 aliphatic carbocycles. The van der Waals surface area contributed by atoms with Gasteiger partial charge in [0.05, 0.1) is 0 Å². The van der Waals surface area contributed by atoms with Gasteiger partial charge in [-0.15, -0.1) is 0 Å². The van der Waals surface area contributed by atoms with E-state index in [0.717, 1.165) is 27.8 Å². The third kappa shape index (κ3) is 6.58. The zero-order chi connectivity index (χ0) is 26.9. The Kier molecular flexibility index (Phi) is 9.11. The van der Waals surface area contributed by atoms with Crippen molar-refractivity contribution in [2.24, 2.45) is 11.5 Å². The van der Waals surface area contributed by atoms with Gasteiger partial charge in [0, 0.05) is 12.3 Å². The molecule has 38 heavy (non-hydrogen) atoms. The lowest BCUT2D eigenvalue weighted by Crippen LogP contribution is -2.53. The molecule has 0 spiro atoms. The second-order valence-electron chi connectivity index (χ2n) is 9.46. The molecule has 0 fully saturated rings. The van der Waals surface area contributed by atoms with Crippen molar-refractivity contribution in [3.05, 3.63) is 95.6 Å². The summed E-state index contributed by atoms with van der Waals surface area (Å²) in [6.45, 7) is 0.603. The molecule has 2 atom stereocenters. The van der Waals surface area contributed by atoms with Gasteiger partial charge in [-0.05, 0) is 53.6 Å². The number of hydrogen-bond acceptors (Lipinski definition) is 5. The first-order valence-corrected chi connectivity index (χ1v) is 12.9. The van der Waals surface area contributed by atoms with E-state index in [-0.39, 0.29) is 18.9 Å². The molecule has 198 valence electrons. The van der Waals surface area contributed by atoms with Gasteiger partial charge in [0.25, 0.3) is 0 Å². The highest BCUT2D eigenvalue weighted by atomic mass is 16.5. The summed E-state index contributed by atoms with van der Waals surface area (Å²) in [6.07, 6.45) is 1.22. The molecule has 0 aliphatic heterocycles. The van der Waals surface area contributed by atoms with Crippen molar-refractivity contribution >= 4 is 17.9 Å². The molecule has 3 aromatic rings. The predicted molar refractivity (Wildman–Crippen MR) is 146 cm³/mol. The van der Waals surface area contributed by atoms with Crippen LogP contribution in [0, 0.1) is 0 Å². The van der Waals surface area contributed by atoms with E-state index in [0.29, 0.717) is 25.8 Å². The van der Waals surface area contributed by atoms with Gasteiger partial charge < -0.3 is 26.8 Å². The van der Waals surface area contributed by atoms with E-state index < -0.39 is 30.0 Å². The SMILES string of the molecule is NCCCCC(NC(=O)OCC1c2ccccc2-c2ccccc21)C(=O)NC(Cc1ccccc1)C(N)=O. The number of nitrogens with two attached hydrogens (primary N) is 2. The Hall–Kier alpha value is -4.17. The molecule has 2 unspecified atom stereocenters. The van der Waals surface area contributed by atoms with Gasteiger partial charge in [0.2, 0.25) is 11.8 Å². The molecule has 0 heterocycles. The molecule has 4 rings (SSSR count). The summed E-state index contributed by atoms with van der Waals surface area (Å²) in [5.74, 6) is -1.23. The summed E-state index contributed by atoms with van der Waals surface area (Å²) >= 11 is 0. The minimum absolute atomic E-state index is 0.0946. The Morgan fingerprint density at radius 3 is 2.00 bits per heavy atom. The number of unbranched alkanes of at least 4 members (excludes halogenated alkanes) is 1. The number of hydrogen-bond donors (Lipinski definition) is 4. The second-order valence-corrected chi connectivity index (χ2v) is 9.46. The molecule has 0 bridgehead atoms. The van der Waals surface area contributed by atoms with Gasteiger partial charge in [0.15, 0.2) is 0 Å². The first-order chi connectivity index (χ1) is 18.5. The summed E-state index contributed by atoms with van der Waals surface area (Å²) < 4.78 is 5.63. The average Bonchev–Trinajstić information content (AvgIpc) is 3.25. The average molecular weight is 515 g/mol. The number of ether oxygens (including phenoxy) is 1. The van der Waals surface area contributed by atoms with Crippen molar-refractivity contribution in [3.8, 4) is 11.1 Å². The van der Waals surface area contributed by atoms with Gasteiger partial charge in [-0.25, -0.2) is 4.79 Å². The van der Waals surface area contributed by atoms with Crippen molar-refractivity contribution in [3.63, 3.8) is 0 Å². The molecule has 8 heteroatoms. The standard InChI is InChI=1S/C30H34N4O4/c31-17-9-8-16-26(29(36)33-27(28(32)35)18-20-10-2-1-3-11-20)34-30(37)38-19-25-23-14-6-4-12-21(23)22-13-5-7-15-24(22)25/h1-7,10-15,25-27H,8-9,16-19,31H2,(H2,32,35)(H,33,36)(H,34,37). The summed E-state index contributed by atoms with van der Waals surface area (Å²) in [6, 6.07) is 23.6. The van der Waals surface area contributed by atoms with Crippen molar-refractivity contribution in [1.29, 1.82) is 0 Å². The molecule has 0 saturated carbocycles. The molecule has 6 N–H and O–H groups in total. The summed E-state index contributed by atoms with van der Waals surface area (Å²) in [7, 11) is 0. The zero-order valence-electron chi connectivity index (χ0n) is 21.3. The predicted octanol–water partition coefficient (Wildman–Crippen LogP) is 3.24. The Balaban J connectivity index is 1.40. The van der Waals surface area contributed by atoms with Crippen LogP contribution in [0.4, 0.5) is 4.79 Å². The molecular weight excluding hydrogens is 480 g/mol. The van der Waals surface area contributed by atoms with E-state index in [4.69, 9.17) is 16.2 Å². The third-order valence-corrected chi connectivity index (χ3v) is 6.84. The van der Waals surface area contributed by atoms with Gasteiger partial charge in [-0.3, -0.25) is 9.59 Å². The van der Waals surface area contributed by atoms with Crippen LogP contribution in [0.3, 0.4) is 0 Å². The first-order valence-electron chi connectivity index (χ1n) is 12.9. The van der Waals surface area contributed by atoms with Crippen LogP contribution in [0.15, 0.2) is 78.9 Å². The van der Waals surface area contributed by atoms with Crippen LogP contribution in [-0.4, -0.2) is 43.1 Å². The Morgan fingerprint density at radius 2 is 1.39 bits per heavy atom. The molecule has 0 saturated heterocycles. The quantitative estimate of drug-likeness (QED) is 0.275. The van der Waals surface area contributed by atoms with E-state index in [2.05, 4.69) is 22.8 Å². The first kappa shape index (κ1) is 26.9. The monoisotopic (exact) mass is 514 g/mol. The molecule has 3 amide bonds. The van der Waals surface area contributed by atoms with Crippen LogP contribution in [0.2, 0.25) is 0 Å². The van der Waals surface area contributed by atoms with Crippen LogP contribution in [0.1, 0.15) is 41.9 Å². The topological polar surface area (TPSA) is 137 Å². The number of primary amides is 1. The summed E-state index contributed by atoms with van der Waals surface area (Å²) in [4.78, 5) is 38.1. The van der Waals surface area contributed by atoms with Crippen molar-refractivity contribution in [2.45, 2.75) is 43.7 Å². The number of fused-ring (bicyclic) bond motifs is 3. The minimum atomic E-state index is -0.911. The lowest BCUT2D eigenvalue weighted by Gasteiger charge is -2.22. The number of amides is 3. The van der Waals surface area contributed by atoms with Crippen LogP contribution in [0.25, 0.3) is 11.1 Å². The van der Waals surface area contributed by atoms with Crippen LogP contribution in [0.5, 0.6) is 0 Å². The van der Waals surface area contributed by atoms with Crippen LogP contribution < -0.4 is 22.1 Å². The van der Waals surface area contributed by atoms with Gasteiger partial charge >= 0.3 is 6.09 Å². The number of carbonyl (C=O) groups excluding carboxylic acids is 3. The summed E-state index contributed by atoms with van der Waals surface area (Å²) in [5, 5.41) is 5.40. The van der Waals surface area contributed by atoms with Gasteiger partial charge in [-0.2, -0.15) is 0 Å². The third-order valence-electron chi connectivity index (χ3n) is 6.84. The lowest BCUT2D eigenvalue weighted by atomic mass is 9.98. The summed E-state index contributed by atoms with van der Waals surface area (Å²) in [5.41, 5.74) is 16.5. The number of benzene rings is 3. The normalized spacial score (nSPS) is 13.6. The van der Waals surface area contributed by atoms with E-state index >= 15 is 0 Å². The molecule has 3 aromatic carbocycles. The Labute approximate surface area is 222 Å². The smallest absolute Gasteiger partial charge is 0.407 e. The number of alkyl carbamates (subject to hydrolysis) is 1. The minimum Gasteiger partial charge on any atom is -0.449 e. The maximum Gasteiger partial charge on any atom is 0.407 e. The molecule has 0 radical (unpaired) electrons. The maximum absolute atomic E-state index is 13.1. The molecule has 1 aliphatic rings. The maximum atomic E-state index is 13.1. The highest BCUT2D eigenvalue weighted by Crippen LogP contribution is 2.44. The highest BCUT2D eigenvalue weighted by Gasteiger charge is 2.30. The van der Waals surface area contributed by atoms with Crippen molar-refractivity contribution in [1.82, 2.24) is 10.6 Å². The Morgan fingerprint density at radius 1 is 0.789 bits per heavy atom. The van der Waals surface area contributed by atoms with E-state index in [1.54, 1.807) is 0 Å². The van der Waals surface area contributed by atoms with Gasteiger partial charge in [0.1, 0.15) is 18.7 Å². The van der Waals surface area contributed by atoms with Gasteiger partial charge in [-0.1, -0.05) is 78.9 Å². The molecule has 0 aromatic heterocycles.